The largest absolute Gasteiger partial charge is 0.327 e. The van der Waals surface area contributed by atoms with Crippen molar-refractivity contribution in [3.8, 4) is 0 Å². The molecule has 90 valence electrons. The quantitative estimate of drug-likeness (QED) is 0.839. The average molecular weight is 260 g/mol. The van der Waals surface area contributed by atoms with Gasteiger partial charge in [-0.2, -0.15) is 0 Å². The summed E-state index contributed by atoms with van der Waals surface area (Å²) >= 11 is 12.0. The van der Waals surface area contributed by atoms with Crippen molar-refractivity contribution >= 4 is 23.2 Å². The van der Waals surface area contributed by atoms with Crippen LogP contribution in [0.5, 0.6) is 0 Å². The van der Waals surface area contributed by atoms with Crippen LogP contribution in [0, 0.1) is 5.92 Å². The third kappa shape index (κ3) is 3.97. The maximum atomic E-state index is 6.15. The monoisotopic (exact) mass is 259 g/mol. The molecule has 2 unspecified atom stereocenters. The minimum Gasteiger partial charge on any atom is -0.327 e. The van der Waals surface area contributed by atoms with Gasteiger partial charge in [-0.1, -0.05) is 43.5 Å². The molecule has 0 aliphatic carbocycles. The lowest BCUT2D eigenvalue weighted by Crippen LogP contribution is -2.30. The van der Waals surface area contributed by atoms with Crippen molar-refractivity contribution in [2.45, 2.75) is 39.2 Å². The van der Waals surface area contributed by atoms with Crippen LogP contribution in [-0.4, -0.2) is 6.04 Å². The minimum atomic E-state index is 0.149. The minimum absolute atomic E-state index is 0.149. The first-order valence-corrected chi connectivity index (χ1v) is 6.49. The Morgan fingerprint density at radius 1 is 1.31 bits per heavy atom. The van der Waals surface area contributed by atoms with Gasteiger partial charge in [0.2, 0.25) is 0 Å². The van der Waals surface area contributed by atoms with Gasteiger partial charge in [0, 0.05) is 16.1 Å². The van der Waals surface area contributed by atoms with Crippen molar-refractivity contribution in [3.63, 3.8) is 0 Å². The van der Waals surface area contributed by atoms with E-state index in [1.54, 1.807) is 6.07 Å². The zero-order valence-electron chi connectivity index (χ0n) is 9.84. The molecule has 0 saturated carbocycles. The second-order valence-electron chi connectivity index (χ2n) is 4.37. The van der Waals surface area contributed by atoms with Crippen LogP contribution in [0.2, 0.25) is 10.0 Å². The van der Waals surface area contributed by atoms with Crippen molar-refractivity contribution in [3.05, 3.63) is 33.8 Å². The lowest BCUT2D eigenvalue weighted by molar-refractivity contribution is 0.420. The average Bonchev–Trinajstić information content (AvgIpc) is 2.23. The lowest BCUT2D eigenvalue weighted by Gasteiger charge is -2.20. The van der Waals surface area contributed by atoms with Gasteiger partial charge in [0.1, 0.15) is 0 Å². The van der Waals surface area contributed by atoms with E-state index < -0.39 is 0 Å². The molecular weight excluding hydrogens is 241 g/mol. The molecule has 2 N–H and O–H groups in total. The van der Waals surface area contributed by atoms with Gasteiger partial charge in [0.25, 0.3) is 0 Å². The SMILES string of the molecule is CCCC(C)C(N)Cc1cc(Cl)ccc1Cl. The molecule has 1 nitrogen and oxygen atoms in total. The molecule has 0 fully saturated rings. The van der Waals surface area contributed by atoms with Crippen molar-refractivity contribution in [1.29, 1.82) is 0 Å². The number of rotatable bonds is 5. The van der Waals surface area contributed by atoms with E-state index in [0.29, 0.717) is 5.92 Å². The van der Waals surface area contributed by atoms with Crippen LogP contribution in [0.1, 0.15) is 32.3 Å². The molecule has 0 heterocycles. The first kappa shape index (κ1) is 13.8. The first-order chi connectivity index (χ1) is 7.54. The molecule has 0 aliphatic heterocycles. The van der Waals surface area contributed by atoms with Crippen molar-refractivity contribution in [2.24, 2.45) is 11.7 Å². The summed E-state index contributed by atoms with van der Waals surface area (Å²) in [5, 5.41) is 1.47. The maximum Gasteiger partial charge on any atom is 0.0439 e. The van der Waals surface area contributed by atoms with Crippen LogP contribution in [0.3, 0.4) is 0 Å². The third-order valence-electron chi connectivity index (χ3n) is 2.94. The summed E-state index contributed by atoms with van der Waals surface area (Å²) in [6.07, 6.45) is 3.11. The normalized spacial score (nSPS) is 14.8. The second kappa shape index (κ2) is 6.48. The van der Waals surface area contributed by atoms with Crippen molar-refractivity contribution < 1.29 is 0 Å². The van der Waals surface area contributed by atoms with Crippen molar-refractivity contribution in [2.75, 3.05) is 0 Å². The number of hydrogen-bond donors (Lipinski definition) is 1. The highest BCUT2D eigenvalue weighted by atomic mass is 35.5. The van der Waals surface area contributed by atoms with Crippen LogP contribution < -0.4 is 5.73 Å². The van der Waals surface area contributed by atoms with Crippen molar-refractivity contribution in [1.82, 2.24) is 0 Å². The molecule has 0 spiro atoms. The van der Waals surface area contributed by atoms with E-state index in [1.165, 1.54) is 0 Å². The van der Waals surface area contributed by atoms with E-state index in [9.17, 15) is 0 Å². The molecule has 0 saturated heterocycles. The van der Waals surface area contributed by atoms with Gasteiger partial charge in [0.05, 0.1) is 0 Å². The summed E-state index contributed by atoms with van der Waals surface area (Å²) in [6, 6.07) is 5.68. The number of benzene rings is 1. The van der Waals surface area contributed by atoms with Gasteiger partial charge in [-0.3, -0.25) is 0 Å². The Balaban J connectivity index is 2.68. The van der Waals surface area contributed by atoms with Gasteiger partial charge in [0.15, 0.2) is 0 Å². The molecule has 0 bridgehead atoms. The van der Waals surface area contributed by atoms with Crippen LogP contribution >= 0.6 is 23.2 Å². The van der Waals surface area contributed by atoms with Gasteiger partial charge < -0.3 is 5.73 Å². The summed E-state index contributed by atoms with van der Waals surface area (Å²) in [5.41, 5.74) is 7.20. The summed E-state index contributed by atoms with van der Waals surface area (Å²) in [7, 11) is 0. The van der Waals surface area contributed by atoms with E-state index in [1.807, 2.05) is 12.1 Å². The standard InChI is InChI=1S/C13H19Cl2N/c1-3-4-9(2)13(16)8-10-7-11(14)5-6-12(10)15/h5-7,9,13H,3-4,8,16H2,1-2H3. The number of halogens is 2. The predicted octanol–water partition coefficient (Wildman–Crippen LogP) is 4.30. The molecule has 0 radical (unpaired) electrons. The van der Waals surface area contributed by atoms with E-state index >= 15 is 0 Å². The summed E-state index contributed by atoms with van der Waals surface area (Å²) in [6.45, 7) is 4.36. The van der Waals surface area contributed by atoms with E-state index in [0.717, 1.165) is 34.9 Å². The van der Waals surface area contributed by atoms with E-state index in [2.05, 4.69) is 13.8 Å². The van der Waals surface area contributed by atoms with Crippen LogP contribution in [-0.2, 0) is 6.42 Å². The molecule has 1 rings (SSSR count). The van der Waals surface area contributed by atoms with E-state index in [4.69, 9.17) is 28.9 Å². The molecule has 1 aromatic rings. The fourth-order valence-corrected chi connectivity index (χ4v) is 2.21. The molecule has 0 amide bonds. The van der Waals surface area contributed by atoms with E-state index in [-0.39, 0.29) is 6.04 Å². The molecule has 0 aliphatic rings. The molecule has 2 atom stereocenters. The summed E-state index contributed by atoms with van der Waals surface area (Å²) in [4.78, 5) is 0. The summed E-state index contributed by atoms with van der Waals surface area (Å²) in [5.74, 6) is 0.514. The Morgan fingerprint density at radius 2 is 2.00 bits per heavy atom. The smallest absolute Gasteiger partial charge is 0.0439 e. The second-order valence-corrected chi connectivity index (χ2v) is 5.21. The number of hydrogen-bond acceptors (Lipinski definition) is 1. The highest BCUT2D eigenvalue weighted by Crippen LogP contribution is 2.23. The molecule has 3 heteroatoms. The lowest BCUT2D eigenvalue weighted by atomic mass is 9.92. The zero-order chi connectivity index (χ0) is 12.1. The Morgan fingerprint density at radius 3 is 2.62 bits per heavy atom. The highest BCUT2D eigenvalue weighted by molar-refractivity contribution is 6.33. The molecular formula is C13H19Cl2N. The summed E-state index contributed by atoms with van der Waals surface area (Å²) < 4.78 is 0. The highest BCUT2D eigenvalue weighted by Gasteiger charge is 2.14. The van der Waals surface area contributed by atoms with Gasteiger partial charge in [-0.05, 0) is 42.5 Å². The third-order valence-corrected chi connectivity index (χ3v) is 3.54. The van der Waals surface area contributed by atoms with Crippen LogP contribution in [0.15, 0.2) is 18.2 Å². The molecule has 1 aromatic carbocycles. The Bertz CT molecular complexity index is 339. The maximum absolute atomic E-state index is 6.15. The fourth-order valence-electron chi connectivity index (χ4n) is 1.82. The molecule has 16 heavy (non-hydrogen) atoms. The van der Waals surface area contributed by atoms with Gasteiger partial charge in [-0.25, -0.2) is 0 Å². The Kier molecular flexibility index (Phi) is 5.60. The Hall–Kier alpha value is -0.240. The van der Waals surface area contributed by atoms with Gasteiger partial charge in [-0.15, -0.1) is 0 Å². The van der Waals surface area contributed by atoms with Crippen LogP contribution in [0.4, 0.5) is 0 Å². The topological polar surface area (TPSA) is 26.0 Å². The predicted molar refractivity (Wildman–Crippen MR) is 72.2 cm³/mol. The first-order valence-electron chi connectivity index (χ1n) is 5.74. The Labute approximate surface area is 108 Å². The number of nitrogens with two attached hydrogens (primary N) is 1. The zero-order valence-corrected chi connectivity index (χ0v) is 11.4. The van der Waals surface area contributed by atoms with Gasteiger partial charge >= 0.3 is 0 Å². The fraction of sp³-hybridized carbons (Fsp3) is 0.538. The van der Waals surface area contributed by atoms with Crippen LogP contribution in [0.25, 0.3) is 0 Å². The molecule has 0 aromatic heterocycles.